The van der Waals surface area contributed by atoms with E-state index < -0.39 is 0 Å². The zero-order valence-electron chi connectivity index (χ0n) is 6.75. The van der Waals surface area contributed by atoms with Crippen LogP contribution in [0.4, 0.5) is 0 Å². The lowest BCUT2D eigenvalue weighted by atomic mass is 10.1. The van der Waals surface area contributed by atoms with Gasteiger partial charge in [-0.05, 0) is 24.6 Å². The normalized spacial score (nSPS) is 10.5. The third-order valence-corrected chi connectivity index (χ3v) is 1.85. The zero-order chi connectivity index (χ0) is 8.97. The molecular formula is C10H9ClO. The van der Waals surface area contributed by atoms with Gasteiger partial charge in [0, 0.05) is 5.02 Å². The largest absolute Gasteiger partial charge is 0.299 e. The Kier molecular flexibility index (Phi) is 3.06. The van der Waals surface area contributed by atoms with Crippen LogP contribution in [0.3, 0.4) is 0 Å². The molecule has 1 rings (SSSR count). The first-order valence-electron chi connectivity index (χ1n) is 3.62. The predicted octanol–water partition coefficient (Wildman–Crippen LogP) is 2.86. The van der Waals surface area contributed by atoms with E-state index >= 15 is 0 Å². The molecule has 12 heavy (non-hydrogen) atoms. The van der Waals surface area contributed by atoms with Crippen LogP contribution in [0, 0.1) is 6.92 Å². The number of hydrogen-bond acceptors (Lipinski definition) is 1. The average Bonchev–Trinajstić information content (AvgIpc) is 2.07. The predicted molar refractivity (Wildman–Crippen MR) is 51.3 cm³/mol. The first-order valence-corrected chi connectivity index (χ1v) is 4.00. The van der Waals surface area contributed by atoms with Gasteiger partial charge in [-0.2, -0.15) is 0 Å². The van der Waals surface area contributed by atoms with Crippen LogP contribution in [0.1, 0.15) is 11.1 Å². The fourth-order valence-corrected chi connectivity index (χ4v) is 1.11. The highest BCUT2D eigenvalue weighted by Crippen LogP contribution is 2.18. The fraction of sp³-hybridized carbons (Fsp3) is 0.100. The van der Waals surface area contributed by atoms with Crippen molar-refractivity contribution in [3.05, 3.63) is 40.4 Å². The molecule has 0 bridgehead atoms. The molecule has 1 aromatic carbocycles. The van der Waals surface area contributed by atoms with Crippen molar-refractivity contribution >= 4 is 24.0 Å². The van der Waals surface area contributed by atoms with Crippen LogP contribution in [-0.4, -0.2) is 6.29 Å². The Balaban J connectivity index is 3.04. The van der Waals surface area contributed by atoms with Crippen LogP contribution in [0.25, 0.3) is 6.08 Å². The molecular weight excluding hydrogens is 172 g/mol. The van der Waals surface area contributed by atoms with Gasteiger partial charge in [-0.15, -0.1) is 0 Å². The fourth-order valence-electron chi connectivity index (χ4n) is 0.934. The van der Waals surface area contributed by atoms with Gasteiger partial charge < -0.3 is 0 Å². The lowest BCUT2D eigenvalue weighted by Crippen LogP contribution is -1.77. The van der Waals surface area contributed by atoms with Crippen molar-refractivity contribution in [3.8, 4) is 0 Å². The minimum absolute atomic E-state index is 0.665. The van der Waals surface area contributed by atoms with Gasteiger partial charge in [-0.1, -0.05) is 35.4 Å². The maximum atomic E-state index is 10.0. The molecule has 0 heterocycles. The molecule has 0 amide bonds. The van der Waals surface area contributed by atoms with Gasteiger partial charge in [-0.25, -0.2) is 0 Å². The van der Waals surface area contributed by atoms with E-state index in [4.69, 9.17) is 11.6 Å². The van der Waals surface area contributed by atoms with Crippen molar-refractivity contribution in [3.63, 3.8) is 0 Å². The number of aryl methyl sites for hydroxylation is 1. The molecule has 1 aromatic rings. The Morgan fingerprint density at radius 2 is 2.17 bits per heavy atom. The summed E-state index contributed by atoms with van der Waals surface area (Å²) in [5, 5.41) is 0.665. The molecule has 1 nitrogen and oxygen atoms in total. The molecule has 0 aliphatic carbocycles. The lowest BCUT2D eigenvalue weighted by Gasteiger charge is -1.98. The second-order valence-corrected chi connectivity index (χ2v) is 2.93. The van der Waals surface area contributed by atoms with Crippen molar-refractivity contribution in [2.45, 2.75) is 6.92 Å². The highest BCUT2D eigenvalue weighted by molar-refractivity contribution is 6.32. The molecule has 62 valence electrons. The van der Waals surface area contributed by atoms with E-state index in [1.165, 1.54) is 6.08 Å². The summed E-state index contributed by atoms with van der Waals surface area (Å²) in [6.45, 7) is 1.98. The summed E-state index contributed by atoms with van der Waals surface area (Å²) in [5.41, 5.74) is 2.01. The Bertz CT molecular complexity index is 316. The molecule has 2 heteroatoms. The second-order valence-electron chi connectivity index (χ2n) is 2.52. The highest BCUT2D eigenvalue weighted by Gasteiger charge is 1.94. The highest BCUT2D eigenvalue weighted by atomic mass is 35.5. The topological polar surface area (TPSA) is 17.1 Å². The minimum atomic E-state index is 0.665. The number of carbonyl (C=O) groups is 1. The van der Waals surface area contributed by atoms with Crippen LogP contribution in [-0.2, 0) is 4.79 Å². The Morgan fingerprint density at radius 3 is 2.83 bits per heavy atom. The quantitative estimate of drug-likeness (QED) is 0.505. The van der Waals surface area contributed by atoms with Gasteiger partial charge in [0.15, 0.2) is 0 Å². The Hall–Kier alpha value is -1.08. The summed E-state index contributed by atoms with van der Waals surface area (Å²) < 4.78 is 0. The molecule has 0 atom stereocenters. The summed E-state index contributed by atoms with van der Waals surface area (Å²) in [5.74, 6) is 0. The van der Waals surface area contributed by atoms with E-state index in [9.17, 15) is 4.79 Å². The number of aldehydes is 1. The molecule has 0 aliphatic rings. The Morgan fingerprint density at radius 1 is 1.42 bits per heavy atom. The van der Waals surface area contributed by atoms with Gasteiger partial charge in [0.2, 0.25) is 0 Å². The van der Waals surface area contributed by atoms with Crippen molar-refractivity contribution in [2.24, 2.45) is 0 Å². The minimum Gasteiger partial charge on any atom is -0.299 e. The van der Waals surface area contributed by atoms with Gasteiger partial charge >= 0.3 is 0 Å². The maximum Gasteiger partial charge on any atom is 0.142 e. The standard InChI is InChI=1S/C10H9ClO/c1-8-4-5-10(11)9(7-8)3-2-6-12/h2-7H,1H3/b3-2+. The van der Waals surface area contributed by atoms with Crippen molar-refractivity contribution < 1.29 is 4.79 Å². The van der Waals surface area contributed by atoms with E-state index in [1.54, 1.807) is 6.08 Å². The molecule has 0 unspecified atom stereocenters. The van der Waals surface area contributed by atoms with Crippen molar-refractivity contribution in [1.29, 1.82) is 0 Å². The third kappa shape index (κ3) is 2.21. The average molecular weight is 181 g/mol. The number of carbonyl (C=O) groups excluding carboxylic acids is 1. The number of halogens is 1. The van der Waals surface area contributed by atoms with Crippen molar-refractivity contribution in [2.75, 3.05) is 0 Å². The van der Waals surface area contributed by atoms with E-state index in [2.05, 4.69) is 0 Å². The van der Waals surface area contributed by atoms with Gasteiger partial charge in [-0.3, -0.25) is 4.79 Å². The van der Waals surface area contributed by atoms with Crippen molar-refractivity contribution in [1.82, 2.24) is 0 Å². The van der Waals surface area contributed by atoms with E-state index in [0.717, 1.165) is 17.4 Å². The molecule has 0 saturated carbocycles. The molecule has 0 saturated heterocycles. The monoisotopic (exact) mass is 180 g/mol. The van der Waals surface area contributed by atoms with E-state index in [1.807, 2.05) is 25.1 Å². The first kappa shape index (κ1) is 9.01. The SMILES string of the molecule is Cc1ccc(Cl)c(/C=C/C=O)c1. The smallest absolute Gasteiger partial charge is 0.142 e. The molecule has 0 N–H and O–H groups in total. The van der Waals surface area contributed by atoms with Crippen LogP contribution in [0.5, 0.6) is 0 Å². The van der Waals surface area contributed by atoms with Crippen LogP contribution in [0.2, 0.25) is 5.02 Å². The molecule has 0 aromatic heterocycles. The lowest BCUT2D eigenvalue weighted by molar-refractivity contribution is -0.104. The third-order valence-electron chi connectivity index (χ3n) is 1.51. The number of hydrogen-bond donors (Lipinski definition) is 0. The number of allylic oxidation sites excluding steroid dienone is 1. The summed E-state index contributed by atoms with van der Waals surface area (Å²) in [6.07, 6.45) is 3.86. The van der Waals surface area contributed by atoms with E-state index in [0.29, 0.717) is 5.02 Å². The summed E-state index contributed by atoms with van der Waals surface area (Å²) in [6, 6.07) is 5.68. The van der Waals surface area contributed by atoms with Crippen LogP contribution in [0.15, 0.2) is 24.3 Å². The number of rotatable bonds is 2. The van der Waals surface area contributed by atoms with Gasteiger partial charge in [0.25, 0.3) is 0 Å². The summed E-state index contributed by atoms with van der Waals surface area (Å²) in [7, 11) is 0. The maximum absolute atomic E-state index is 10.0. The van der Waals surface area contributed by atoms with Crippen LogP contribution < -0.4 is 0 Å². The summed E-state index contributed by atoms with van der Waals surface area (Å²) >= 11 is 5.86. The first-order chi connectivity index (χ1) is 5.74. The number of benzene rings is 1. The zero-order valence-corrected chi connectivity index (χ0v) is 7.51. The van der Waals surface area contributed by atoms with E-state index in [-0.39, 0.29) is 0 Å². The van der Waals surface area contributed by atoms with Crippen LogP contribution >= 0.6 is 11.6 Å². The van der Waals surface area contributed by atoms with Gasteiger partial charge in [0.05, 0.1) is 0 Å². The summed E-state index contributed by atoms with van der Waals surface area (Å²) in [4.78, 5) is 10.0. The second kappa shape index (κ2) is 4.07. The molecule has 0 aliphatic heterocycles. The van der Waals surface area contributed by atoms with Gasteiger partial charge in [0.1, 0.15) is 6.29 Å². The molecule has 0 spiro atoms. The molecule has 0 fully saturated rings. The molecule has 0 radical (unpaired) electrons. The Labute approximate surface area is 76.7 Å².